The molecule has 1 aliphatic heterocycles. The number of allylic oxidation sites excluding steroid dienone is 1. The van der Waals surface area contributed by atoms with Gasteiger partial charge in [0.15, 0.2) is 5.71 Å². The second kappa shape index (κ2) is 6.87. The zero-order chi connectivity index (χ0) is 18.0. The molecule has 2 heteroatoms. The lowest BCUT2D eigenvalue weighted by atomic mass is 9.81. The van der Waals surface area contributed by atoms with E-state index in [9.17, 15) is 0 Å². The second-order valence-corrected chi connectivity index (χ2v) is 7.43. The Hall–Kier alpha value is -2.35. The van der Waals surface area contributed by atoms with E-state index >= 15 is 0 Å². The van der Waals surface area contributed by atoms with E-state index in [0.29, 0.717) is 0 Å². The van der Waals surface area contributed by atoms with E-state index in [1.54, 1.807) is 0 Å². The summed E-state index contributed by atoms with van der Waals surface area (Å²) in [5, 5.41) is 0. The van der Waals surface area contributed by atoms with Gasteiger partial charge in [-0.3, -0.25) is 0 Å². The lowest BCUT2D eigenvalue weighted by molar-refractivity contribution is -0.401. The SMILES string of the molecule is CCCN(C)c1ccc(C=CC2=[N+](C)c3ccccc3C2(C)C)cc1. The minimum absolute atomic E-state index is 0.0309. The summed E-state index contributed by atoms with van der Waals surface area (Å²) in [7, 11) is 4.31. The highest BCUT2D eigenvalue weighted by atomic mass is 15.1. The number of hydrogen-bond donors (Lipinski definition) is 0. The molecule has 0 aliphatic carbocycles. The second-order valence-electron chi connectivity index (χ2n) is 7.43. The minimum Gasteiger partial charge on any atom is -0.375 e. The summed E-state index contributed by atoms with van der Waals surface area (Å²) in [5.74, 6) is 0. The van der Waals surface area contributed by atoms with Gasteiger partial charge in [-0.25, -0.2) is 0 Å². The molecule has 0 bridgehead atoms. The molecule has 0 N–H and O–H groups in total. The van der Waals surface area contributed by atoms with Crippen LogP contribution in [0.2, 0.25) is 0 Å². The van der Waals surface area contributed by atoms with Gasteiger partial charge in [0.05, 0.1) is 5.41 Å². The maximum absolute atomic E-state index is 2.31. The van der Waals surface area contributed by atoms with E-state index in [2.05, 4.69) is 105 Å². The van der Waals surface area contributed by atoms with Crippen LogP contribution < -0.4 is 4.90 Å². The molecule has 3 rings (SSSR count). The van der Waals surface area contributed by atoms with Gasteiger partial charge in [0, 0.05) is 37.0 Å². The van der Waals surface area contributed by atoms with Gasteiger partial charge >= 0.3 is 0 Å². The first kappa shape index (κ1) is 17.5. The predicted octanol–water partition coefficient (Wildman–Crippen LogP) is 5.25. The van der Waals surface area contributed by atoms with Gasteiger partial charge in [0.1, 0.15) is 7.05 Å². The van der Waals surface area contributed by atoms with Gasteiger partial charge in [-0.15, -0.1) is 0 Å². The van der Waals surface area contributed by atoms with Crippen molar-refractivity contribution in [2.75, 3.05) is 25.5 Å². The molecule has 0 radical (unpaired) electrons. The van der Waals surface area contributed by atoms with Crippen molar-refractivity contribution in [3.05, 3.63) is 65.7 Å². The number of para-hydroxylation sites is 1. The highest BCUT2D eigenvalue weighted by molar-refractivity contribution is 6.05. The quantitative estimate of drug-likeness (QED) is 0.677. The Kier molecular flexibility index (Phi) is 4.80. The van der Waals surface area contributed by atoms with E-state index in [-0.39, 0.29) is 5.41 Å². The van der Waals surface area contributed by atoms with Crippen LogP contribution in [0.15, 0.2) is 54.6 Å². The van der Waals surface area contributed by atoms with Gasteiger partial charge < -0.3 is 4.90 Å². The molecule has 0 saturated carbocycles. The number of nitrogens with zero attached hydrogens (tertiary/aromatic N) is 2. The molecule has 0 atom stereocenters. The summed E-state index contributed by atoms with van der Waals surface area (Å²) in [4.78, 5) is 2.30. The summed E-state index contributed by atoms with van der Waals surface area (Å²) in [5.41, 5.74) is 6.58. The van der Waals surface area contributed by atoms with Gasteiger partial charge in [-0.1, -0.05) is 37.3 Å². The molecule has 1 heterocycles. The number of rotatable bonds is 5. The van der Waals surface area contributed by atoms with Crippen molar-refractivity contribution >= 4 is 23.2 Å². The van der Waals surface area contributed by atoms with Crippen LogP contribution in [0, 0.1) is 0 Å². The topological polar surface area (TPSA) is 6.25 Å². The van der Waals surface area contributed by atoms with Crippen molar-refractivity contribution in [2.45, 2.75) is 32.6 Å². The molecule has 2 aromatic rings. The molecule has 2 nitrogen and oxygen atoms in total. The van der Waals surface area contributed by atoms with E-state index in [0.717, 1.165) is 6.54 Å². The first-order chi connectivity index (χ1) is 11.9. The molecular formula is C23H29N2+. The highest BCUT2D eigenvalue weighted by Gasteiger charge is 2.42. The van der Waals surface area contributed by atoms with E-state index in [4.69, 9.17) is 0 Å². The standard InChI is InChI=1S/C23H29N2/c1-6-17-24(4)19-14-11-18(12-15-19)13-16-22-23(2,3)20-9-7-8-10-21(20)25(22)5/h7-16H,6,17H2,1-5H3/q+1. The lowest BCUT2D eigenvalue weighted by Crippen LogP contribution is -2.26. The number of hydrogen-bond acceptors (Lipinski definition) is 1. The van der Waals surface area contributed by atoms with Crippen molar-refractivity contribution in [2.24, 2.45) is 0 Å². The maximum Gasteiger partial charge on any atom is 0.209 e. The Labute approximate surface area is 152 Å². The van der Waals surface area contributed by atoms with Crippen LogP contribution in [0.5, 0.6) is 0 Å². The van der Waals surface area contributed by atoms with E-state index in [1.807, 2.05) is 0 Å². The number of fused-ring (bicyclic) bond motifs is 1. The third-order valence-electron chi connectivity index (χ3n) is 5.27. The fourth-order valence-corrected chi connectivity index (χ4v) is 3.78. The largest absolute Gasteiger partial charge is 0.375 e. The Bertz CT molecular complexity index is 810. The van der Waals surface area contributed by atoms with Crippen molar-refractivity contribution in [3.8, 4) is 0 Å². The zero-order valence-electron chi connectivity index (χ0n) is 16.1. The third-order valence-corrected chi connectivity index (χ3v) is 5.27. The fourth-order valence-electron chi connectivity index (χ4n) is 3.78. The van der Waals surface area contributed by atoms with Gasteiger partial charge in [-0.05, 0) is 44.0 Å². The van der Waals surface area contributed by atoms with E-state index in [1.165, 1.54) is 34.6 Å². The molecule has 130 valence electrons. The van der Waals surface area contributed by atoms with Crippen molar-refractivity contribution in [1.29, 1.82) is 0 Å². The van der Waals surface area contributed by atoms with Crippen LogP contribution in [0.4, 0.5) is 11.4 Å². The monoisotopic (exact) mass is 333 g/mol. The zero-order valence-corrected chi connectivity index (χ0v) is 16.1. The molecule has 25 heavy (non-hydrogen) atoms. The number of anilines is 1. The average molecular weight is 333 g/mol. The van der Waals surface area contributed by atoms with Crippen LogP contribution in [-0.2, 0) is 5.41 Å². The van der Waals surface area contributed by atoms with Gasteiger partial charge in [-0.2, -0.15) is 4.58 Å². The summed E-state index contributed by atoms with van der Waals surface area (Å²) < 4.78 is 2.31. The molecule has 0 amide bonds. The molecule has 0 unspecified atom stereocenters. The van der Waals surface area contributed by atoms with Crippen molar-refractivity contribution in [3.63, 3.8) is 0 Å². The lowest BCUT2D eigenvalue weighted by Gasteiger charge is -2.18. The molecule has 0 fully saturated rings. The Morgan fingerprint density at radius 2 is 1.68 bits per heavy atom. The highest BCUT2D eigenvalue weighted by Crippen LogP contribution is 2.39. The molecule has 1 aliphatic rings. The summed E-state index contributed by atoms with van der Waals surface area (Å²) in [6.07, 6.45) is 5.66. The predicted molar refractivity (Wildman–Crippen MR) is 109 cm³/mol. The number of benzene rings is 2. The Balaban J connectivity index is 1.84. The minimum atomic E-state index is 0.0309. The fraction of sp³-hybridized carbons (Fsp3) is 0.348. The van der Waals surface area contributed by atoms with Gasteiger partial charge in [0.2, 0.25) is 5.69 Å². The summed E-state index contributed by atoms with van der Waals surface area (Å²) >= 11 is 0. The Morgan fingerprint density at radius 1 is 1.00 bits per heavy atom. The van der Waals surface area contributed by atoms with Crippen molar-refractivity contribution < 1.29 is 4.58 Å². The summed E-state index contributed by atoms with van der Waals surface area (Å²) in [6, 6.07) is 17.5. The normalized spacial score (nSPS) is 15.7. The molecular weight excluding hydrogens is 304 g/mol. The molecule has 0 aromatic heterocycles. The first-order valence-corrected chi connectivity index (χ1v) is 9.15. The maximum atomic E-state index is 2.31. The van der Waals surface area contributed by atoms with E-state index < -0.39 is 0 Å². The third kappa shape index (κ3) is 3.26. The Morgan fingerprint density at radius 3 is 2.32 bits per heavy atom. The van der Waals surface area contributed by atoms with Crippen molar-refractivity contribution in [1.82, 2.24) is 0 Å². The van der Waals surface area contributed by atoms with Crippen LogP contribution in [0.1, 0.15) is 38.3 Å². The average Bonchev–Trinajstić information content (AvgIpc) is 2.81. The van der Waals surface area contributed by atoms with Crippen LogP contribution >= 0.6 is 0 Å². The molecule has 0 saturated heterocycles. The van der Waals surface area contributed by atoms with Crippen LogP contribution in [0.25, 0.3) is 6.08 Å². The summed E-state index contributed by atoms with van der Waals surface area (Å²) in [6.45, 7) is 7.91. The van der Waals surface area contributed by atoms with Gasteiger partial charge in [0.25, 0.3) is 0 Å². The molecule has 0 spiro atoms. The first-order valence-electron chi connectivity index (χ1n) is 9.15. The van der Waals surface area contributed by atoms with Crippen LogP contribution in [0.3, 0.4) is 0 Å². The smallest absolute Gasteiger partial charge is 0.209 e. The molecule has 2 aromatic carbocycles. The van der Waals surface area contributed by atoms with Crippen LogP contribution in [-0.4, -0.2) is 30.9 Å².